The van der Waals surface area contributed by atoms with E-state index >= 15 is 0 Å². The molecule has 3 aromatic rings. The van der Waals surface area contributed by atoms with Crippen molar-refractivity contribution in [1.29, 1.82) is 0 Å². The molecule has 230 valence electrons. The first-order valence-corrected chi connectivity index (χ1v) is 15.0. The van der Waals surface area contributed by atoms with Gasteiger partial charge in [-0.2, -0.15) is 0 Å². The van der Waals surface area contributed by atoms with Crippen LogP contribution in [-0.4, -0.2) is 85.8 Å². The molecule has 0 saturated carbocycles. The molecule has 3 aliphatic heterocycles. The number of morpholine rings is 1. The van der Waals surface area contributed by atoms with Crippen LogP contribution in [0.15, 0.2) is 72.3 Å². The molecule has 2 saturated heterocycles. The van der Waals surface area contributed by atoms with E-state index in [4.69, 9.17) is 23.7 Å². The maximum atomic E-state index is 13.6. The third-order valence-electron chi connectivity index (χ3n) is 7.94. The number of benzene rings is 3. The third kappa shape index (κ3) is 6.22. The number of likely N-dealkylation sites (tertiary alicyclic amines) is 1. The van der Waals surface area contributed by atoms with Gasteiger partial charge in [0.05, 0.1) is 31.4 Å². The molecule has 0 aliphatic carbocycles. The number of carbonyl (C=O) groups excluding carboxylic acids is 2. The number of fused-ring (bicyclic) bond motifs is 1. The van der Waals surface area contributed by atoms with Crippen molar-refractivity contribution in [3.8, 4) is 23.0 Å². The standard InChI is InChI=1S/C34H36N2O8/c1-2-41-28-20-24(8-10-27(28)44-22-23-6-4-3-5-7-23)31-30(32(37)25-9-11-26-29(21-25)43-19-18-42-26)33(38)34(39)36(31)13-12-35-14-16-40-17-15-35/h3-11,20-21,31,37H,2,12-19,22H2,1H3/t31-/m1/s1. The van der Waals surface area contributed by atoms with Crippen LogP contribution in [0.4, 0.5) is 0 Å². The zero-order valence-electron chi connectivity index (χ0n) is 24.7. The summed E-state index contributed by atoms with van der Waals surface area (Å²) in [4.78, 5) is 30.9. The van der Waals surface area contributed by atoms with Crippen LogP contribution in [0.3, 0.4) is 0 Å². The molecule has 1 amide bonds. The molecule has 44 heavy (non-hydrogen) atoms. The molecule has 2 fully saturated rings. The third-order valence-corrected chi connectivity index (χ3v) is 7.94. The van der Waals surface area contributed by atoms with Gasteiger partial charge in [-0.05, 0) is 48.4 Å². The van der Waals surface area contributed by atoms with Gasteiger partial charge < -0.3 is 33.7 Å². The summed E-state index contributed by atoms with van der Waals surface area (Å²) in [7, 11) is 0. The number of carbonyl (C=O) groups is 2. The first-order valence-electron chi connectivity index (χ1n) is 15.0. The van der Waals surface area contributed by atoms with Gasteiger partial charge >= 0.3 is 0 Å². The highest BCUT2D eigenvalue weighted by atomic mass is 16.6. The predicted octanol–water partition coefficient (Wildman–Crippen LogP) is 4.19. The van der Waals surface area contributed by atoms with E-state index in [1.807, 2.05) is 43.3 Å². The number of aliphatic hydroxyl groups is 1. The van der Waals surface area contributed by atoms with Crippen LogP contribution >= 0.6 is 0 Å². The Hall–Kier alpha value is -4.54. The maximum absolute atomic E-state index is 13.6. The summed E-state index contributed by atoms with van der Waals surface area (Å²) in [5.74, 6) is 0.369. The van der Waals surface area contributed by atoms with Crippen molar-refractivity contribution in [1.82, 2.24) is 9.80 Å². The fourth-order valence-corrected chi connectivity index (χ4v) is 5.69. The Labute approximate surface area is 256 Å². The summed E-state index contributed by atoms with van der Waals surface area (Å²) in [5, 5.41) is 11.6. The highest BCUT2D eigenvalue weighted by Gasteiger charge is 2.46. The van der Waals surface area contributed by atoms with E-state index in [9.17, 15) is 14.7 Å². The van der Waals surface area contributed by atoms with Crippen molar-refractivity contribution in [2.45, 2.75) is 19.6 Å². The summed E-state index contributed by atoms with van der Waals surface area (Å²) in [6, 6.07) is 19.4. The van der Waals surface area contributed by atoms with Gasteiger partial charge in [0.25, 0.3) is 11.7 Å². The number of nitrogens with zero attached hydrogens (tertiary/aromatic N) is 2. The highest BCUT2D eigenvalue weighted by molar-refractivity contribution is 6.46. The lowest BCUT2D eigenvalue weighted by Crippen LogP contribution is -2.42. The molecule has 3 aliphatic rings. The molecule has 0 bridgehead atoms. The van der Waals surface area contributed by atoms with E-state index in [1.54, 1.807) is 30.3 Å². The van der Waals surface area contributed by atoms with Crippen LogP contribution in [-0.2, 0) is 20.9 Å². The molecule has 10 heteroatoms. The largest absolute Gasteiger partial charge is 0.507 e. The van der Waals surface area contributed by atoms with Crippen LogP contribution in [0.25, 0.3) is 5.76 Å². The van der Waals surface area contributed by atoms with Gasteiger partial charge in [-0.15, -0.1) is 0 Å². The molecule has 0 aromatic heterocycles. The number of amides is 1. The number of hydrogen-bond acceptors (Lipinski definition) is 9. The zero-order valence-corrected chi connectivity index (χ0v) is 24.7. The van der Waals surface area contributed by atoms with E-state index in [-0.39, 0.29) is 11.3 Å². The van der Waals surface area contributed by atoms with Gasteiger partial charge in [-0.25, -0.2) is 0 Å². The van der Waals surface area contributed by atoms with Crippen LogP contribution in [0.1, 0.15) is 29.7 Å². The smallest absolute Gasteiger partial charge is 0.295 e. The quantitative estimate of drug-likeness (QED) is 0.208. The molecular formula is C34H36N2O8. The molecule has 10 nitrogen and oxygen atoms in total. The van der Waals surface area contributed by atoms with Crippen molar-refractivity contribution in [2.75, 3.05) is 59.2 Å². The second kappa shape index (κ2) is 13.4. The second-order valence-electron chi connectivity index (χ2n) is 10.7. The lowest BCUT2D eigenvalue weighted by molar-refractivity contribution is -0.140. The summed E-state index contributed by atoms with van der Waals surface area (Å²) in [6.45, 7) is 7.01. The average Bonchev–Trinajstić information content (AvgIpc) is 3.32. The summed E-state index contributed by atoms with van der Waals surface area (Å²) in [5.41, 5.74) is 2.00. The fraction of sp³-hybridized carbons (Fsp3) is 0.353. The van der Waals surface area contributed by atoms with Gasteiger partial charge in [0.15, 0.2) is 23.0 Å². The van der Waals surface area contributed by atoms with E-state index < -0.39 is 17.7 Å². The molecule has 3 heterocycles. The number of ether oxygens (including phenoxy) is 5. The molecule has 1 N–H and O–H groups in total. The summed E-state index contributed by atoms with van der Waals surface area (Å²) < 4.78 is 28.9. The van der Waals surface area contributed by atoms with Crippen molar-refractivity contribution in [3.63, 3.8) is 0 Å². The number of Topliss-reactive ketones (excluding diaryl/α,β-unsaturated/α-hetero) is 1. The number of rotatable bonds is 10. The van der Waals surface area contributed by atoms with E-state index in [0.717, 1.165) is 18.7 Å². The molecule has 6 rings (SSSR count). The minimum atomic E-state index is -0.841. The van der Waals surface area contributed by atoms with E-state index in [2.05, 4.69) is 4.90 Å². The van der Waals surface area contributed by atoms with Gasteiger partial charge in [0.2, 0.25) is 0 Å². The minimum Gasteiger partial charge on any atom is -0.507 e. The van der Waals surface area contributed by atoms with Crippen molar-refractivity contribution >= 4 is 17.4 Å². The Balaban J connectivity index is 1.37. The topological polar surface area (TPSA) is 107 Å². The normalized spacial score (nSPS) is 19.7. The minimum absolute atomic E-state index is 0.00839. The number of ketones is 1. The van der Waals surface area contributed by atoms with Crippen LogP contribution in [0.2, 0.25) is 0 Å². The van der Waals surface area contributed by atoms with Crippen LogP contribution in [0.5, 0.6) is 23.0 Å². The van der Waals surface area contributed by atoms with Crippen LogP contribution in [0, 0.1) is 0 Å². The van der Waals surface area contributed by atoms with Gasteiger partial charge in [0.1, 0.15) is 25.6 Å². The van der Waals surface area contributed by atoms with Crippen LogP contribution < -0.4 is 18.9 Å². The van der Waals surface area contributed by atoms with Gasteiger partial charge in [-0.3, -0.25) is 14.5 Å². The molecule has 0 radical (unpaired) electrons. The van der Waals surface area contributed by atoms with Gasteiger partial charge in [-0.1, -0.05) is 36.4 Å². The molecule has 3 aromatic carbocycles. The number of hydrogen-bond donors (Lipinski definition) is 1. The van der Waals surface area contributed by atoms with Gasteiger partial charge in [0, 0.05) is 31.7 Å². The molecule has 1 atom stereocenters. The first-order chi connectivity index (χ1) is 21.5. The monoisotopic (exact) mass is 600 g/mol. The van der Waals surface area contributed by atoms with E-state index in [0.29, 0.717) is 86.9 Å². The maximum Gasteiger partial charge on any atom is 0.295 e. The summed E-state index contributed by atoms with van der Waals surface area (Å²) in [6.07, 6.45) is 0. The second-order valence-corrected chi connectivity index (χ2v) is 10.7. The van der Waals surface area contributed by atoms with Crippen molar-refractivity contribution in [2.24, 2.45) is 0 Å². The predicted molar refractivity (Wildman–Crippen MR) is 162 cm³/mol. The Morgan fingerprint density at radius 2 is 1.64 bits per heavy atom. The first kappa shape index (κ1) is 29.5. The average molecular weight is 601 g/mol. The zero-order chi connectivity index (χ0) is 30.5. The summed E-state index contributed by atoms with van der Waals surface area (Å²) >= 11 is 0. The molecule has 0 spiro atoms. The van der Waals surface area contributed by atoms with Crippen molar-refractivity contribution in [3.05, 3.63) is 89.0 Å². The fourth-order valence-electron chi connectivity index (χ4n) is 5.69. The number of aliphatic hydroxyl groups excluding tert-OH is 1. The lowest BCUT2D eigenvalue weighted by atomic mass is 9.94. The SMILES string of the molecule is CCOc1cc([C@@H]2C(=C(O)c3ccc4c(c3)OCCO4)C(=O)C(=O)N2CCN2CCOCC2)ccc1OCc1ccccc1. The van der Waals surface area contributed by atoms with Crippen molar-refractivity contribution < 1.29 is 38.4 Å². The Kier molecular flexibility index (Phi) is 8.99. The molecular weight excluding hydrogens is 564 g/mol. The Morgan fingerprint density at radius 3 is 2.41 bits per heavy atom. The molecule has 0 unspecified atom stereocenters. The Bertz CT molecular complexity index is 1530. The lowest BCUT2D eigenvalue weighted by Gasteiger charge is -2.31. The van der Waals surface area contributed by atoms with E-state index in [1.165, 1.54) is 4.90 Å². The highest BCUT2D eigenvalue weighted by Crippen LogP contribution is 2.43. The Morgan fingerprint density at radius 1 is 0.864 bits per heavy atom.